The first-order valence-corrected chi connectivity index (χ1v) is 7.77. The van der Waals surface area contributed by atoms with E-state index in [0.29, 0.717) is 5.92 Å². The van der Waals surface area contributed by atoms with Gasteiger partial charge in [0.2, 0.25) is 0 Å². The minimum Gasteiger partial charge on any atom is -0.494 e. The number of hydrogen-bond acceptors (Lipinski definition) is 2. The summed E-state index contributed by atoms with van der Waals surface area (Å²) < 4.78 is 5.79. The monoisotopic (exact) mass is 270 g/mol. The minimum atomic E-state index is 0.626. The molecule has 0 amide bonds. The summed E-state index contributed by atoms with van der Waals surface area (Å²) >= 11 is 0. The third-order valence-corrected chi connectivity index (χ3v) is 4.27. The van der Waals surface area contributed by atoms with E-state index in [9.17, 15) is 4.79 Å². The maximum absolute atomic E-state index is 11.3. The van der Waals surface area contributed by atoms with Gasteiger partial charge in [-0.3, -0.25) is 4.79 Å². The van der Waals surface area contributed by atoms with Crippen LogP contribution < -0.4 is 4.74 Å². The number of unbranched alkanes of at least 4 members (excludes halogenated alkanes) is 1. The Bertz CT molecular complexity index is 538. The normalized spacial score (nSPS) is 17.9. The standard InChI is InChI=1S/C18H22O2/c1-2-3-10-20-16-8-9-17-14(11-16)6-7-15(12-19)18(17)13-4-5-13/h8-9,11-13H,2-7,10H2,1H3. The van der Waals surface area contributed by atoms with Crippen molar-refractivity contribution in [3.63, 3.8) is 0 Å². The zero-order valence-corrected chi connectivity index (χ0v) is 12.2. The Morgan fingerprint density at radius 2 is 2.15 bits per heavy atom. The van der Waals surface area contributed by atoms with Gasteiger partial charge >= 0.3 is 0 Å². The lowest BCUT2D eigenvalue weighted by Crippen LogP contribution is -2.08. The summed E-state index contributed by atoms with van der Waals surface area (Å²) in [5.41, 5.74) is 5.00. The third kappa shape index (κ3) is 2.65. The topological polar surface area (TPSA) is 26.3 Å². The predicted octanol–water partition coefficient (Wildman–Crippen LogP) is 4.17. The van der Waals surface area contributed by atoms with Gasteiger partial charge in [-0.05, 0) is 72.4 Å². The molecule has 2 aliphatic rings. The first-order valence-electron chi connectivity index (χ1n) is 7.77. The number of aldehydes is 1. The highest BCUT2D eigenvalue weighted by molar-refractivity contribution is 5.91. The van der Waals surface area contributed by atoms with Crippen molar-refractivity contribution in [2.45, 2.75) is 45.4 Å². The van der Waals surface area contributed by atoms with E-state index in [1.807, 2.05) is 0 Å². The summed E-state index contributed by atoms with van der Waals surface area (Å²) in [5.74, 6) is 1.60. The maximum Gasteiger partial charge on any atom is 0.146 e. The van der Waals surface area contributed by atoms with Crippen LogP contribution in [0.25, 0.3) is 5.57 Å². The van der Waals surface area contributed by atoms with Crippen LogP contribution in [0, 0.1) is 5.92 Å². The van der Waals surface area contributed by atoms with E-state index >= 15 is 0 Å². The quantitative estimate of drug-likeness (QED) is 0.572. The molecule has 0 heterocycles. The van der Waals surface area contributed by atoms with Crippen LogP contribution in [-0.2, 0) is 11.2 Å². The SMILES string of the molecule is CCCCOc1ccc2c(c1)CCC(C=O)=C2C1CC1. The fourth-order valence-electron chi connectivity index (χ4n) is 3.02. The lowest BCUT2D eigenvalue weighted by Gasteiger charge is -2.21. The summed E-state index contributed by atoms with van der Waals surface area (Å²) in [7, 11) is 0. The van der Waals surface area contributed by atoms with E-state index in [0.717, 1.165) is 49.9 Å². The summed E-state index contributed by atoms with van der Waals surface area (Å²) in [6, 6.07) is 6.40. The van der Waals surface area contributed by atoms with Gasteiger partial charge in [0, 0.05) is 0 Å². The molecule has 3 rings (SSSR count). The minimum absolute atomic E-state index is 0.626. The number of carbonyl (C=O) groups is 1. The Balaban J connectivity index is 1.86. The molecule has 0 bridgehead atoms. The van der Waals surface area contributed by atoms with E-state index in [1.54, 1.807) is 0 Å². The molecular formula is C18H22O2. The van der Waals surface area contributed by atoms with Gasteiger partial charge in [0.1, 0.15) is 12.0 Å². The molecule has 20 heavy (non-hydrogen) atoms. The van der Waals surface area contributed by atoms with Crippen molar-refractivity contribution in [1.29, 1.82) is 0 Å². The van der Waals surface area contributed by atoms with Crippen LogP contribution in [0.4, 0.5) is 0 Å². The molecule has 0 aliphatic heterocycles. The molecule has 2 aliphatic carbocycles. The molecule has 1 aromatic rings. The molecule has 2 heteroatoms. The highest BCUT2D eigenvalue weighted by atomic mass is 16.5. The average molecular weight is 270 g/mol. The van der Waals surface area contributed by atoms with Gasteiger partial charge in [0.05, 0.1) is 6.61 Å². The number of carbonyl (C=O) groups excluding carboxylic acids is 1. The Morgan fingerprint density at radius 1 is 1.30 bits per heavy atom. The van der Waals surface area contributed by atoms with Crippen LogP contribution in [-0.4, -0.2) is 12.9 Å². The van der Waals surface area contributed by atoms with Gasteiger partial charge in [-0.15, -0.1) is 0 Å². The molecule has 0 radical (unpaired) electrons. The molecule has 0 atom stereocenters. The van der Waals surface area contributed by atoms with E-state index in [1.165, 1.54) is 29.5 Å². The van der Waals surface area contributed by atoms with Gasteiger partial charge in [0.15, 0.2) is 0 Å². The molecule has 106 valence electrons. The van der Waals surface area contributed by atoms with E-state index in [-0.39, 0.29) is 0 Å². The third-order valence-electron chi connectivity index (χ3n) is 4.27. The second kappa shape index (κ2) is 5.82. The summed E-state index contributed by atoms with van der Waals surface area (Å²) in [6.07, 6.45) is 7.65. The number of benzene rings is 1. The molecular weight excluding hydrogens is 248 g/mol. The summed E-state index contributed by atoms with van der Waals surface area (Å²) in [5, 5.41) is 0. The van der Waals surface area contributed by atoms with Crippen LogP contribution in [0.2, 0.25) is 0 Å². The van der Waals surface area contributed by atoms with Crippen LogP contribution >= 0.6 is 0 Å². The maximum atomic E-state index is 11.3. The fraction of sp³-hybridized carbons (Fsp3) is 0.500. The summed E-state index contributed by atoms with van der Waals surface area (Å²) in [6.45, 7) is 2.96. The molecule has 0 unspecified atom stereocenters. The number of allylic oxidation sites excluding steroid dienone is 2. The van der Waals surface area contributed by atoms with Gasteiger partial charge in [0.25, 0.3) is 0 Å². The van der Waals surface area contributed by atoms with E-state index in [4.69, 9.17) is 4.74 Å². The highest BCUT2D eigenvalue weighted by Gasteiger charge is 2.32. The Morgan fingerprint density at radius 3 is 2.85 bits per heavy atom. The first kappa shape index (κ1) is 13.4. The van der Waals surface area contributed by atoms with Crippen molar-refractivity contribution >= 4 is 11.9 Å². The second-order valence-corrected chi connectivity index (χ2v) is 5.85. The van der Waals surface area contributed by atoms with Crippen LogP contribution in [0.1, 0.15) is 50.2 Å². The Kier molecular flexibility index (Phi) is 3.90. The molecule has 0 saturated heterocycles. The predicted molar refractivity (Wildman–Crippen MR) is 80.9 cm³/mol. The van der Waals surface area contributed by atoms with Gasteiger partial charge < -0.3 is 4.74 Å². The van der Waals surface area contributed by atoms with Crippen molar-refractivity contribution in [2.24, 2.45) is 5.92 Å². The van der Waals surface area contributed by atoms with Gasteiger partial charge in [-0.25, -0.2) is 0 Å². The second-order valence-electron chi connectivity index (χ2n) is 5.85. The molecule has 0 N–H and O–H groups in total. The molecule has 1 saturated carbocycles. The highest BCUT2D eigenvalue weighted by Crippen LogP contribution is 2.47. The molecule has 0 spiro atoms. The van der Waals surface area contributed by atoms with Crippen molar-refractivity contribution in [1.82, 2.24) is 0 Å². The van der Waals surface area contributed by atoms with Crippen molar-refractivity contribution < 1.29 is 9.53 Å². The first-order chi connectivity index (χ1) is 9.83. The Hall–Kier alpha value is -1.57. The molecule has 2 nitrogen and oxygen atoms in total. The lowest BCUT2D eigenvalue weighted by atomic mass is 9.83. The molecule has 1 fully saturated rings. The number of ether oxygens (including phenoxy) is 1. The van der Waals surface area contributed by atoms with E-state index < -0.39 is 0 Å². The van der Waals surface area contributed by atoms with Gasteiger partial charge in [-0.1, -0.05) is 19.4 Å². The smallest absolute Gasteiger partial charge is 0.146 e. The lowest BCUT2D eigenvalue weighted by molar-refractivity contribution is -0.105. The largest absolute Gasteiger partial charge is 0.494 e. The van der Waals surface area contributed by atoms with E-state index in [2.05, 4.69) is 25.1 Å². The zero-order chi connectivity index (χ0) is 13.9. The zero-order valence-electron chi connectivity index (χ0n) is 12.2. The van der Waals surface area contributed by atoms with Crippen LogP contribution in [0.15, 0.2) is 23.8 Å². The molecule has 1 aromatic carbocycles. The fourth-order valence-corrected chi connectivity index (χ4v) is 3.02. The van der Waals surface area contributed by atoms with Crippen molar-refractivity contribution in [2.75, 3.05) is 6.61 Å². The average Bonchev–Trinajstić information content (AvgIpc) is 3.30. The van der Waals surface area contributed by atoms with Crippen LogP contribution in [0.5, 0.6) is 5.75 Å². The van der Waals surface area contributed by atoms with Gasteiger partial charge in [-0.2, -0.15) is 0 Å². The number of aryl methyl sites for hydroxylation is 1. The Labute approximate surface area is 120 Å². The van der Waals surface area contributed by atoms with Crippen molar-refractivity contribution in [3.8, 4) is 5.75 Å². The number of fused-ring (bicyclic) bond motifs is 1. The molecule has 0 aromatic heterocycles. The number of hydrogen-bond donors (Lipinski definition) is 0. The van der Waals surface area contributed by atoms with Crippen LogP contribution in [0.3, 0.4) is 0 Å². The number of rotatable bonds is 6. The summed E-state index contributed by atoms with van der Waals surface area (Å²) in [4.78, 5) is 11.3. The van der Waals surface area contributed by atoms with Crippen molar-refractivity contribution in [3.05, 3.63) is 34.9 Å².